The van der Waals surface area contributed by atoms with Gasteiger partial charge < -0.3 is 10.2 Å². The average molecular weight is 250 g/mol. The van der Waals surface area contributed by atoms with Crippen LogP contribution in [0.5, 0.6) is 0 Å². The molecule has 1 aromatic rings. The summed E-state index contributed by atoms with van der Waals surface area (Å²) in [6.07, 6.45) is 2.34. The molecular formula is C15H23FN2. The lowest BCUT2D eigenvalue weighted by molar-refractivity contribution is 0.233. The van der Waals surface area contributed by atoms with Crippen LogP contribution in [0.4, 0.5) is 10.1 Å². The zero-order valence-electron chi connectivity index (χ0n) is 11.5. The van der Waals surface area contributed by atoms with Crippen LogP contribution in [0.3, 0.4) is 0 Å². The second kappa shape index (κ2) is 5.27. The van der Waals surface area contributed by atoms with Crippen molar-refractivity contribution in [3.05, 3.63) is 30.1 Å². The van der Waals surface area contributed by atoms with Crippen molar-refractivity contribution < 1.29 is 4.39 Å². The van der Waals surface area contributed by atoms with Gasteiger partial charge in [-0.15, -0.1) is 0 Å². The highest BCUT2D eigenvalue weighted by atomic mass is 19.1. The Hall–Kier alpha value is -1.09. The Kier molecular flexibility index (Phi) is 3.91. The summed E-state index contributed by atoms with van der Waals surface area (Å²) in [4.78, 5) is 2.23. The van der Waals surface area contributed by atoms with Gasteiger partial charge in [-0.2, -0.15) is 0 Å². The molecule has 1 N–H and O–H groups in total. The third-order valence-electron chi connectivity index (χ3n) is 4.22. The maximum atomic E-state index is 14.0. The van der Waals surface area contributed by atoms with Crippen molar-refractivity contribution in [3.8, 4) is 0 Å². The molecule has 1 aliphatic heterocycles. The van der Waals surface area contributed by atoms with E-state index in [9.17, 15) is 4.39 Å². The minimum atomic E-state index is -0.115. The first-order valence-corrected chi connectivity index (χ1v) is 6.74. The SMILES string of the molecule is CNCC1CCCN(c2ccccc2F)C1(C)C. The zero-order chi connectivity index (χ0) is 13.2. The number of hydrogen-bond donors (Lipinski definition) is 1. The van der Waals surface area contributed by atoms with E-state index >= 15 is 0 Å². The number of anilines is 1. The van der Waals surface area contributed by atoms with Crippen molar-refractivity contribution in [2.24, 2.45) is 5.92 Å². The Morgan fingerprint density at radius 1 is 1.39 bits per heavy atom. The summed E-state index contributed by atoms with van der Waals surface area (Å²) in [5.74, 6) is 0.437. The fourth-order valence-electron chi connectivity index (χ4n) is 3.06. The second-order valence-corrected chi connectivity index (χ2v) is 5.65. The number of benzene rings is 1. The van der Waals surface area contributed by atoms with Gasteiger partial charge in [-0.25, -0.2) is 4.39 Å². The molecule has 0 aromatic heterocycles. The van der Waals surface area contributed by atoms with Gasteiger partial charge in [0.2, 0.25) is 0 Å². The molecule has 18 heavy (non-hydrogen) atoms. The monoisotopic (exact) mass is 250 g/mol. The summed E-state index contributed by atoms with van der Waals surface area (Å²) in [7, 11) is 1.98. The van der Waals surface area contributed by atoms with E-state index in [1.54, 1.807) is 12.1 Å². The highest BCUT2D eigenvalue weighted by Gasteiger charge is 2.38. The van der Waals surface area contributed by atoms with Gasteiger partial charge in [-0.05, 0) is 58.3 Å². The molecule has 1 saturated heterocycles. The third kappa shape index (κ3) is 2.37. The lowest BCUT2D eigenvalue weighted by Crippen LogP contribution is -2.56. The summed E-state index contributed by atoms with van der Waals surface area (Å²) >= 11 is 0. The van der Waals surface area contributed by atoms with Crippen LogP contribution in [0, 0.1) is 11.7 Å². The summed E-state index contributed by atoms with van der Waals surface area (Å²) in [5.41, 5.74) is 0.729. The number of piperidine rings is 1. The largest absolute Gasteiger partial charge is 0.364 e. The molecule has 1 heterocycles. The highest BCUT2D eigenvalue weighted by Crippen LogP contribution is 2.37. The third-order valence-corrected chi connectivity index (χ3v) is 4.22. The van der Waals surface area contributed by atoms with Crippen molar-refractivity contribution >= 4 is 5.69 Å². The summed E-state index contributed by atoms with van der Waals surface area (Å²) in [5, 5.41) is 3.26. The minimum absolute atomic E-state index is 0.0105. The van der Waals surface area contributed by atoms with Crippen LogP contribution in [0.1, 0.15) is 26.7 Å². The van der Waals surface area contributed by atoms with Crippen LogP contribution >= 0.6 is 0 Å². The Balaban J connectivity index is 2.29. The first-order valence-electron chi connectivity index (χ1n) is 6.74. The Morgan fingerprint density at radius 2 is 2.11 bits per heavy atom. The second-order valence-electron chi connectivity index (χ2n) is 5.65. The summed E-state index contributed by atoms with van der Waals surface area (Å²) in [6, 6.07) is 7.10. The van der Waals surface area contributed by atoms with Gasteiger partial charge in [0, 0.05) is 12.1 Å². The normalized spacial score (nSPS) is 23.1. The van der Waals surface area contributed by atoms with Crippen LogP contribution in [-0.2, 0) is 0 Å². The molecule has 0 amide bonds. The van der Waals surface area contributed by atoms with Crippen LogP contribution < -0.4 is 10.2 Å². The minimum Gasteiger partial charge on any atom is -0.364 e. The molecule has 0 bridgehead atoms. The summed E-state index contributed by atoms with van der Waals surface area (Å²) < 4.78 is 14.0. The van der Waals surface area contributed by atoms with Crippen molar-refractivity contribution in [1.29, 1.82) is 0 Å². The topological polar surface area (TPSA) is 15.3 Å². The fraction of sp³-hybridized carbons (Fsp3) is 0.600. The molecule has 0 spiro atoms. The average Bonchev–Trinajstić information content (AvgIpc) is 2.33. The van der Waals surface area contributed by atoms with Gasteiger partial charge >= 0.3 is 0 Å². The van der Waals surface area contributed by atoms with E-state index in [4.69, 9.17) is 0 Å². The predicted molar refractivity (Wildman–Crippen MR) is 74.5 cm³/mol. The molecule has 1 aromatic carbocycles. The predicted octanol–water partition coefficient (Wildman–Crippen LogP) is 3.04. The van der Waals surface area contributed by atoms with Crippen molar-refractivity contribution in [1.82, 2.24) is 5.32 Å². The lowest BCUT2D eigenvalue weighted by Gasteiger charge is -2.49. The van der Waals surface area contributed by atoms with E-state index in [2.05, 4.69) is 24.1 Å². The van der Waals surface area contributed by atoms with Gasteiger partial charge in [-0.3, -0.25) is 0 Å². The van der Waals surface area contributed by atoms with Crippen LogP contribution in [-0.4, -0.2) is 25.7 Å². The van der Waals surface area contributed by atoms with Crippen LogP contribution in [0.25, 0.3) is 0 Å². The van der Waals surface area contributed by atoms with E-state index < -0.39 is 0 Å². The van der Waals surface area contributed by atoms with E-state index in [0.717, 1.165) is 25.2 Å². The molecule has 0 aliphatic carbocycles. The van der Waals surface area contributed by atoms with Gasteiger partial charge in [0.05, 0.1) is 5.69 Å². The number of rotatable bonds is 3. The van der Waals surface area contributed by atoms with Gasteiger partial charge in [0.1, 0.15) is 5.82 Å². The smallest absolute Gasteiger partial charge is 0.146 e. The molecule has 1 fully saturated rings. The number of para-hydroxylation sites is 1. The van der Waals surface area contributed by atoms with Crippen LogP contribution in [0.2, 0.25) is 0 Å². The number of nitrogens with one attached hydrogen (secondary N) is 1. The van der Waals surface area contributed by atoms with Gasteiger partial charge in [0.25, 0.3) is 0 Å². The highest BCUT2D eigenvalue weighted by molar-refractivity contribution is 5.50. The molecule has 1 atom stereocenters. The number of hydrogen-bond acceptors (Lipinski definition) is 2. The van der Waals surface area contributed by atoms with Crippen LogP contribution in [0.15, 0.2) is 24.3 Å². The first kappa shape index (κ1) is 13.3. The van der Waals surface area contributed by atoms with E-state index in [-0.39, 0.29) is 11.4 Å². The quantitative estimate of drug-likeness (QED) is 0.887. The summed E-state index contributed by atoms with van der Waals surface area (Å²) in [6.45, 7) is 6.37. The molecule has 1 aliphatic rings. The molecule has 2 rings (SSSR count). The van der Waals surface area contributed by atoms with E-state index in [0.29, 0.717) is 5.92 Å². The Labute approximate surface area is 109 Å². The van der Waals surface area contributed by atoms with Gasteiger partial charge in [-0.1, -0.05) is 12.1 Å². The molecule has 3 heteroatoms. The molecule has 2 nitrogen and oxygen atoms in total. The fourth-order valence-corrected chi connectivity index (χ4v) is 3.06. The zero-order valence-corrected chi connectivity index (χ0v) is 11.5. The standard InChI is InChI=1S/C15H23FN2/c1-15(2)12(11-17-3)7-6-10-18(15)14-9-5-4-8-13(14)16/h4-5,8-9,12,17H,6-7,10-11H2,1-3H3. The van der Waals surface area contributed by atoms with Crippen molar-refractivity contribution in [3.63, 3.8) is 0 Å². The van der Waals surface area contributed by atoms with Crippen molar-refractivity contribution in [2.45, 2.75) is 32.2 Å². The van der Waals surface area contributed by atoms with Gasteiger partial charge in [0.15, 0.2) is 0 Å². The maximum Gasteiger partial charge on any atom is 0.146 e. The molecule has 0 saturated carbocycles. The van der Waals surface area contributed by atoms with E-state index in [1.165, 1.54) is 6.42 Å². The molecule has 0 radical (unpaired) electrons. The lowest BCUT2D eigenvalue weighted by atomic mass is 9.78. The van der Waals surface area contributed by atoms with E-state index in [1.807, 2.05) is 19.2 Å². The Morgan fingerprint density at radius 3 is 2.78 bits per heavy atom. The number of halogens is 1. The maximum absolute atomic E-state index is 14.0. The van der Waals surface area contributed by atoms with Crippen molar-refractivity contribution in [2.75, 3.05) is 25.0 Å². The first-order chi connectivity index (χ1) is 8.57. The number of nitrogens with zero attached hydrogens (tertiary/aromatic N) is 1. The molecule has 1 unspecified atom stereocenters. The Bertz CT molecular complexity index is 401. The molecule has 100 valence electrons. The molecular weight excluding hydrogens is 227 g/mol.